The maximum absolute atomic E-state index is 13.5. The van der Waals surface area contributed by atoms with Crippen molar-refractivity contribution in [3.05, 3.63) is 53.8 Å². The number of anilines is 2. The van der Waals surface area contributed by atoms with Gasteiger partial charge < -0.3 is 9.80 Å². The molecule has 1 atom stereocenters. The van der Waals surface area contributed by atoms with E-state index >= 15 is 0 Å². The Labute approximate surface area is 153 Å². The molecule has 2 aromatic rings. The standard InChI is InChI=1S/C19H19FN2O3S/c20-14-3-8-17-13(12-14)2-1-10-22(17)18-9-11-21(19(18)23)15-4-6-16(7-5-15)26(24)25/h3-8,12,18,26H,1-2,9-11H2/t18-/m0/s1. The van der Waals surface area contributed by atoms with Gasteiger partial charge in [-0.2, -0.15) is 0 Å². The van der Waals surface area contributed by atoms with Crippen LogP contribution < -0.4 is 9.80 Å². The molecule has 2 heterocycles. The molecule has 0 N–H and O–H groups in total. The Bertz CT molecular complexity index is 919. The van der Waals surface area contributed by atoms with E-state index in [1.165, 1.54) is 18.2 Å². The zero-order valence-corrected chi connectivity index (χ0v) is 15.0. The predicted molar refractivity (Wildman–Crippen MR) is 97.8 cm³/mol. The fraction of sp³-hybridized carbons (Fsp3) is 0.316. The molecule has 2 aliphatic heterocycles. The van der Waals surface area contributed by atoms with Crippen LogP contribution in [0, 0.1) is 5.82 Å². The molecule has 5 nitrogen and oxygen atoms in total. The van der Waals surface area contributed by atoms with Crippen LogP contribution in [0.2, 0.25) is 0 Å². The summed E-state index contributed by atoms with van der Waals surface area (Å²) in [6.07, 6.45) is 2.40. The quantitative estimate of drug-likeness (QED) is 0.838. The molecule has 1 saturated heterocycles. The van der Waals surface area contributed by atoms with Crippen molar-refractivity contribution in [2.24, 2.45) is 0 Å². The van der Waals surface area contributed by atoms with Crippen LogP contribution >= 0.6 is 0 Å². The third-order valence-electron chi connectivity index (χ3n) is 5.12. The van der Waals surface area contributed by atoms with Gasteiger partial charge in [-0.25, -0.2) is 12.8 Å². The summed E-state index contributed by atoms with van der Waals surface area (Å²) in [5.41, 5.74) is 2.59. The highest BCUT2D eigenvalue weighted by Crippen LogP contribution is 2.33. The van der Waals surface area contributed by atoms with Crippen LogP contribution in [-0.2, 0) is 21.9 Å². The van der Waals surface area contributed by atoms with Crippen molar-refractivity contribution in [2.75, 3.05) is 22.9 Å². The van der Waals surface area contributed by atoms with E-state index in [2.05, 4.69) is 4.90 Å². The second-order valence-corrected chi connectivity index (χ2v) is 7.67. The van der Waals surface area contributed by atoms with Crippen molar-refractivity contribution in [1.29, 1.82) is 0 Å². The van der Waals surface area contributed by atoms with Crippen LogP contribution in [0.25, 0.3) is 0 Å². The van der Waals surface area contributed by atoms with E-state index in [0.29, 0.717) is 18.7 Å². The van der Waals surface area contributed by atoms with Gasteiger partial charge in [0.25, 0.3) is 0 Å². The molecule has 4 rings (SSSR count). The molecule has 26 heavy (non-hydrogen) atoms. The first-order valence-corrected chi connectivity index (χ1v) is 9.83. The molecular weight excluding hydrogens is 355 g/mol. The summed E-state index contributed by atoms with van der Waals surface area (Å²) in [6.45, 7) is 1.36. The molecule has 0 bridgehead atoms. The lowest BCUT2D eigenvalue weighted by Crippen LogP contribution is -2.44. The lowest BCUT2D eigenvalue weighted by atomic mass is 9.99. The van der Waals surface area contributed by atoms with Gasteiger partial charge in [0, 0.05) is 24.5 Å². The minimum absolute atomic E-state index is 0.00133. The van der Waals surface area contributed by atoms with Gasteiger partial charge >= 0.3 is 0 Å². The molecular formula is C19H19FN2O3S. The van der Waals surface area contributed by atoms with Gasteiger partial charge in [0.15, 0.2) is 10.7 Å². The molecule has 2 aliphatic rings. The predicted octanol–water partition coefficient (Wildman–Crippen LogP) is 2.35. The Hall–Kier alpha value is -2.41. The smallest absolute Gasteiger partial charge is 0.249 e. The zero-order valence-electron chi connectivity index (χ0n) is 14.1. The maximum Gasteiger partial charge on any atom is 0.249 e. The second kappa shape index (κ2) is 6.72. The summed E-state index contributed by atoms with van der Waals surface area (Å²) < 4.78 is 35.6. The van der Waals surface area contributed by atoms with E-state index in [-0.39, 0.29) is 22.7 Å². The molecule has 2 aromatic carbocycles. The minimum atomic E-state index is -2.62. The topological polar surface area (TPSA) is 57.7 Å². The number of amides is 1. The van der Waals surface area contributed by atoms with Crippen molar-refractivity contribution in [1.82, 2.24) is 0 Å². The van der Waals surface area contributed by atoms with E-state index in [9.17, 15) is 17.6 Å². The minimum Gasteiger partial charge on any atom is -0.359 e. The van der Waals surface area contributed by atoms with Gasteiger partial charge in [-0.3, -0.25) is 4.79 Å². The van der Waals surface area contributed by atoms with Crippen LogP contribution in [0.3, 0.4) is 0 Å². The Morgan fingerprint density at radius 1 is 1.04 bits per heavy atom. The van der Waals surface area contributed by atoms with Gasteiger partial charge in [0.2, 0.25) is 5.91 Å². The van der Waals surface area contributed by atoms with E-state index < -0.39 is 10.7 Å². The molecule has 0 aliphatic carbocycles. The van der Waals surface area contributed by atoms with Crippen LogP contribution in [0.5, 0.6) is 0 Å². The monoisotopic (exact) mass is 374 g/mol. The highest BCUT2D eigenvalue weighted by molar-refractivity contribution is 7.72. The van der Waals surface area contributed by atoms with E-state index in [0.717, 1.165) is 30.6 Å². The molecule has 0 aromatic heterocycles. The summed E-state index contributed by atoms with van der Waals surface area (Å²) >= 11 is 0. The highest BCUT2D eigenvalue weighted by Gasteiger charge is 2.38. The normalized spacial score (nSPS) is 19.9. The first kappa shape index (κ1) is 17.0. The average Bonchev–Trinajstić information content (AvgIpc) is 3.02. The van der Waals surface area contributed by atoms with E-state index in [1.807, 2.05) is 0 Å². The van der Waals surface area contributed by atoms with Crippen LogP contribution in [0.4, 0.5) is 15.8 Å². The number of aryl methyl sites for hydroxylation is 1. The SMILES string of the molecule is O=C1[C@@H](N2CCCc3cc(F)ccc32)CCN1c1ccc([SH](=O)=O)cc1. The molecule has 1 amide bonds. The fourth-order valence-electron chi connectivity index (χ4n) is 3.88. The molecule has 0 spiro atoms. The van der Waals surface area contributed by atoms with Gasteiger partial charge in [-0.1, -0.05) is 0 Å². The molecule has 0 unspecified atom stereocenters. The Morgan fingerprint density at radius 2 is 1.81 bits per heavy atom. The largest absolute Gasteiger partial charge is 0.359 e. The maximum atomic E-state index is 13.5. The summed E-state index contributed by atoms with van der Waals surface area (Å²) in [4.78, 5) is 17.0. The van der Waals surface area contributed by atoms with Gasteiger partial charge in [0.05, 0.1) is 4.90 Å². The van der Waals surface area contributed by atoms with Gasteiger partial charge in [-0.05, 0) is 67.3 Å². The number of rotatable bonds is 3. The summed E-state index contributed by atoms with van der Waals surface area (Å²) in [5.74, 6) is -0.247. The summed E-state index contributed by atoms with van der Waals surface area (Å²) in [5, 5.41) is 0. The average molecular weight is 374 g/mol. The van der Waals surface area contributed by atoms with Crippen molar-refractivity contribution in [3.63, 3.8) is 0 Å². The number of halogens is 1. The number of hydrogen-bond acceptors (Lipinski definition) is 4. The number of fused-ring (bicyclic) bond motifs is 1. The van der Waals surface area contributed by atoms with Gasteiger partial charge in [0.1, 0.15) is 11.9 Å². The number of benzene rings is 2. The second-order valence-electron chi connectivity index (χ2n) is 6.64. The van der Waals surface area contributed by atoms with Crippen LogP contribution in [-0.4, -0.2) is 33.5 Å². The lowest BCUT2D eigenvalue weighted by Gasteiger charge is -2.35. The van der Waals surface area contributed by atoms with Crippen molar-refractivity contribution in [3.8, 4) is 0 Å². The zero-order chi connectivity index (χ0) is 18.3. The van der Waals surface area contributed by atoms with E-state index in [1.54, 1.807) is 29.2 Å². The fourth-order valence-corrected chi connectivity index (χ4v) is 4.28. The summed E-state index contributed by atoms with van der Waals surface area (Å²) in [7, 11) is -2.62. The number of thiol groups is 1. The number of nitrogens with zero attached hydrogens (tertiary/aromatic N) is 2. The first-order valence-electron chi connectivity index (χ1n) is 8.65. The Morgan fingerprint density at radius 3 is 2.54 bits per heavy atom. The van der Waals surface area contributed by atoms with Crippen molar-refractivity contribution < 1.29 is 17.6 Å². The molecule has 0 saturated carbocycles. The Kier molecular flexibility index (Phi) is 4.40. The van der Waals surface area contributed by atoms with Crippen LogP contribution in [0.15, 0.2) is 47.4 Å². The van der Waals surface area contributed by atoms with E-state index in [4.69, 9.17) is 0 Å². The third-order valence-corrected chi connectivity index (χ3v) is 5.84. The molecule has 0 radical (unpaired) electrons. The number of carbonyl (C=O) groups is 1. The first-order chi connectivity index (χ1) is 12.5. The van der Waals surface area contributed by atoms with Crippen molar-refractivity contribution >= 4 is 28.0 Å². The van der Waals surface area contributed by atoms with Gasteiger partial charge in [-0.15, -0.1) is 0 Å². The molecule has 7 heteroatoms. The third kappa shape index (κ3) is 2.96. The van der Waals surface area contributed by atoms with Crippen molar-refractivity contribution in [2.45, 2.75) is 30.2 Å². The Balaban J connectivity index is 1.58. The number of carbonyl (C=O) groups excluding carboxylic acids is 1. The lowest BCUT2D eigenvalue weighted by molar-refractivity contribution is -0.118. The highest BCUT2D eigenvalue weighted by atomic mass is 32.2. The number of hydrogen-bond donors (Lipinski definition) is 1. The van der Waals surface area contributed by atoms with Crippen LogP contribution in [0.1, 0.15) is 18.4 Å². The summed E-state index contributed by atoms with van der Waals surface area (Å²) in [6, 6.07) is 10.9. The molecule has 136 valence electrons. The molecule has 1 fully saturated rings.